The summed E-state index contributed by atoms with van der Waals surface area (Å²) in [7, 11) is -0.0229. The monoisotopic (exact) mass is 1030 g/mol. The van der Waals surface area contributed by atoms with Crippen molar-refractivity contribution in [3.63, 3.8) is 0 Å². The molecule has 0 fully saturated rings. The minimum atomic E-state index is -3.95. The fraction of sp³-hybridized carbons (Fsp3) is 0.822. The zero-order valence-electron chi connectivity index (χ0n) is 41.8. The number of nitrogens with one attached hydrogen (secondary N) is 4. The van der Waals surface area contributed by atoms with Crippen LogP contribution < -0.4 is 21.3 Å². The van der Waals surface area contributed by atoms with Crippen molar-refractivity contribution in [2.45, 2.75) is 70.8 Å². The van der Waals surface area contributed by atoms with Crippen LogP contribution in [0.15, 0.2) is 12.2 Å². The minimum absolute atomic E-state index is 0.0190. The zero-order valence-corrected chi connectivity index (χ0v) is 42.6. The van der Waals surface area contributed by atoms with Gasteiger partial charge in [0.1, 0.15) is 0 Å². The van der Waals surface area contributed by atoms with Crippen molar-refractivity contribution in [3.8, 4) is 0 Å². The number of carbonyl (C=O) groups excluding carboxylic acids is 6. The van der Waals surface area contributed by atoms with Crippen LogP contribution >= 0.6 is 0 Å². The summed E-state index contributed by atoms with van der Waals surface area (Å²) in [6, 6.07) is -0.407. The largest absolute Gasteiger partial charge is 0.449 e. The van der Waals surface area contributed by atoms with E-state index in [0.29, 0.717) is 155 Å². The molecular formula is C45H83N6O18S+. The summed E-state index contributed by atoms with van der Waals surface area (Å²) in [5, 5.41) is 11.0. The fourth-order valence-electron chi connectivity index (χ4n) is 6.30. The maximum Gasteiger partial charge on any atom is 0.407 e. The van der Waals surface area contributed by atoms with Gasteiger partial charge in [0.2, 0.25) is 17.7 Å². The van der Waals surface area contributed by atoms with E-state index < -0.39 is 22.3 Å². The Labute approximate surface area is 414 Å². The number of nitrogens with zero attached hydrogens (tertiary/aromatic N) is 2. The van der Waals surface area contributed by atoms with Crippen molar-refractivity contribution in [1.29, 1.82) is 0 Å². The van der Waals surface area contributed by atoms with E-state index in [1.807, 2.05) is 14.1 Å². The SMILES string of the molecule is CC(CCOC(=O)NCCC(=O)NCCCCCNC(=O)CCOCCOCCOCCOCCOCCOCCOCCOCCNC(=O)CCC[N+](C)(C)CCCS(=O)(=O)O)N1C(=O)C=CC1=O. The number of hydrogen-bond acceptors (Lipinski definition) is 17. The molecule has 25 heteroatoms. The highest BCUT2D eigenvalue weighted by molar-refractivity contribution is 7.85. The Morgan fingerprint density at radius 3 is 1.43 bits per heavy atom. The number of quaternary nitrogens is 1. The summed E-state index contributed by atoms with van der Waals surface area (Å²) in [6.07, 6.45) is 6.10. The predicted molar refractivity (Wildman–Crippen MR) is 255 cm³/mol. The second kappa shape index (κ2) is 41.7. The van der Waals surface area contributed by atoms with Crippen molar-refractivity contribution >= 4 is 45.7 Å². The summed E-state index contributed by atoms with van der Waals surface area (Å²) < 4.78 is 80.0. The zero-order chi connectivity index (χ0) is 51.6. The molecule has 0 bridgehead atoms. The number of ether oxygens (including phenoxy) is 9. The third kappa shape index (κ3) is 39.8. The van der Waals surface area contributed by atoms with Crippen LogP contribution in [0.1, 0.15) is 64.7 Å². The van der Waals surface area contributed by atoms with E-state index in [1.165, 1.54) is 12.2 Å². The summed E-state index contributed by atoms with van der Waals surface area (Å²) in [5.74, 6) is -1.40. The van der Waals surface area contributed by atoms with E-state index >= 15 is 0 Å². The highest BCUT2D eigenvalue weighted by atomic mass is 32.2. The number of imide groups is 1. The molecule has 1 unspecified atom stereocenters. The molecule has 1 atom stereocenters. The maximum absolute atomic E-state index is 12.0. The van der Waals surface area contributed by atoms with E-state index in [1.54, 1.807) is 6.92 Å². The fourth-order valence-corrected chi connectivity index (χ4v) is 6.79. The lowest BCUT2D eigenvalue weighted by molar-refractivity contribution is -0.890. The number of hydrogen-bond donors (Lipinski definition) is 5. The average Bonchev–Trinajstić information content (AvgIpc) is 3.64. The standard InChI is InChI=1S/C45H82N6O18S/c1-39(50-43(55)10-11-44(50)56)13-22-69-45(57)49-17-12-41(53)46-15-5-4-6-16-47-42(54)14-21-61-24-26-63-28-30-65-32-34-67-36-37-68-35-33-66-31-29-64-27-25-62-23-18-48-40(52)9-7-19-51(2,3)20-8-38-70(58,59)60/h10-11,39H,4-9,12-38H2,1-3H3,(H4-,46,47,48,49,52,53,54,57,58,59,60)/p+1. The molecule has 0 aromatic carbocycles. The van der Waals surface area contributed by atoms with Gasteiger partial charge in [-0.25, -0.2) is 4.79 Å². The normalized spacial score (nSPS) is 13.2. The first-order chi connectivity index (χ1) is 33.6. The van der Waals surface area contributed by atoms with Crippen molar-refractivity contribution in [3.05, 3.63) is 12.2 Å². The summed E-state index contributed by atoms with van der Waals surface area (Å²) >= 11 is 0. The summed E-state index contributed by atoms with van der Waals surface area (Å²) in [6.45, 7) is 11.1. The van der Waals surface area contributed by atoms with Gasteiger partial charge in [-0.3, -0.25) is 33.4 Å². The van der Waals surface area contributed by atoms with Crippen LogP contribution in [0.5, 0.6) is 0 Å². The lowest BCUT2D eigenvalue weighted by Crippen LogP contribution is -2.42. The van der Waals surface area contributed by atoms with Crippen molar-refractivity contribution in [2.75, 3.05) is 171 Å². The van der Waals surface area contributed by atoms with Crippen molar-refractivity contribution in [2.24, 2.45) is 0 Å². The first-order valence-electron chi connectivity index (χ1n) is 24.2. The lowest BCUT2D eigenvalue weighted by Gasteiger charge is -2.29. The van der Waals surface area contributed by atoms with Gasteiger partial charge >= 0.3 is 6.09 Å². The van der Waals surface area contributed by atoms with Crippen molar-refractivity contribution in [1.82, 2.24) is 26.2 Å². The second-order valence-electron chi connectivity index (χ2n) is 16.7. The van der Waals surface area contributed by atoms with Gasteiger partial charge in [0.15, 0.2) is 0 Å². The number of amides is 6. The van der Waals surface area contributed by atoms with Crippen LogP contribution in [0.3, 0.4) is 0 Å². The van der Waals surface area contributed by atoms with Gasteiger partial charge in [-0.1, -0.05) is 0 Å². The van der Waals surface area contributed by atoms with Gasteiger partial charge in [0.25, 0.3) is 21.9 Å². The Bertz CT molecular complexity index is 1570. The quantitative estimate of drug-likeness (QED) is 0.0232. The molecule has 24 nitrogen and oxygen atoms in total. The molecule has 0 saturated heterocycles. The first kappa shape index (κ1) is 64.1. The molecule has 5 N–H and O–H groups in total. The molecule has 0 radical (unpaired) electrons. The molecule has 1 aliphatic heterocycles. The number of carbonyl (C=O) groups is 6. The Kier molecular flexibility index (Phi) is 38.2. The average molecular weight is 1030 g/mol. The van der Waals surface area contributed by atoms with Gasteiger partial charge < -0.3 is 68.4 Å². The molecular weight excluding hydrogens is 945 g/mol. The molecule has 0 spiro atoms. The van der Waals surface area contributed by atoms with Crippen LogP contribution in [0.4, 0.5) is 4.79 Å². The molecule has 6 amide bonds. The van der Waals surface area contributed by atoms with Crippen LogP contribution in [0.2, 0.25) is 0 Å². The topological polar surface area (TPSA) is 291 Å². The van der Waals surface area contributed by atoms with Gasteiger partial charge in [-0.05, 0) is 26.2 Å². The second-order valence-corrected chi connectivity index (χ2v) is 18.3. The van der Waals surface area contributed by atoms with Crippen LogP contribution in [-0.2, 0) is 76.7 Å². The molecule has 406 valence electrons. The number of rotatable bonds is 48. The van der Waals surface area contributed by atoms with Gasteiger partial charge in [-0.2, -0.15) is 8.42 Å². The Hall–Kier alpha value is -3.89. The third-order valence-corrected chi connectivity index (χ3v) is 11.0. The van der Waals surface area contributed by atoms with E-state index in [-0.39, 0.29) is 67.9 Å². The van der Waals surface area contributed by atoms with Crippen LogP contribution in [-0.4, -0.2) is 235 Å². The molecule has 70 heavy (non-hydrogen) atoms. The molecule has 1 rings (SSSR count). The Morgan fingerprint density at radius 1 is 0.529 bits per heavy atom. The van der Waals surface area contributed by atoms with Gasteiger partial charge in [0, 0.05) is 82.9 Å². The molecule has 0 aliphatic carbocycles. The van der Waals surface area contributed by atoms with E-state index in [0.717, 1.165) is 30.7 Å². The van der Waals surface area contributed by atoms with Gasteiger partial charge in [-0.15, -0.1) is 0 Å². The Balaban J connectivity index is 1.74. The van der Waals surface area contributed by atoms with Crippen LogP contribution in [0.25, 0.3) is 0 Å². The molecule has 0 aromatic rings. The minimum Gasteiger partial charge on any atom is -0.449 e. The van der Waals surface area contributed by atoms with Gasteiger partial charge in [0.05, 0.1) is 145 Å². The summed E-state index contributed by atoms with van der Waals surface area (Å²) in [5.41, 5.74) is 0. The number of unbranched alkanes of at least 4 members (excludes halogenated alkanes) is 2. The number of alkyl carbamates (subject to hydrolysis) is 1. The smallest absolute Gasteiger partial charge is 0.407 e. The van der Waals surface area contributed by atoms with E-state index in [9.17, 15) is 37.2 Å². The summed E-state index contributed by atoms with van der Waals surface area (Å²) in [4.78, 5) is 72.4. The third-order valence-electron chi connectivity index (χ3n) is 10.2. The molecule has 1 aliphatic rings. The predicted octanol–water partition coefficient (Wildman–Crippen LogP) is -0.0174. The maximum atomic E-state index is 12.0. The lowest BCUT2D eigenvalue weighted by atomic mass is 10.2. The van der Waals surface area contributed by atoms with Crippen LogP contribution in [0, 0.1) is 0 Å². The first-order valence-corrected chi connectivity index (χ1v) is 25.9. The molecule has 0 saturated carbocycles. The highest BCUT2D eigenvalue weighted by Gasteiger charge is 2.28. The molecule has 0 aromatic heterocycles. The highest BCUT2D eigenvalue weighted by Crippen LogP contribution is 2.12. The van der Waals surface area contributed by atoms with E-state index in [2.05, 4.69) is 21.3 Å². The van der Waals surface area contributed by atoms with E-state index in [4.69, 9.17) is 47.2 Å². The van der Waals surface area contributed by atoms with Crippen molar-refractivity contribution < 1.29 is 88.9 Å². The Morgan fingerprint density at radius 2 is 0.943 bits per heavy atom. The molecule has 1 heterocycles.